The first-order chi connectivity index (χ1) is 14.7. The van der Waals surface area contributed by atoms with Crippen molar-refractivity contribution >= 4 is 22.6 Å². The predicted octanol–water partition coefficient (Wildman–Crippen LogP) is 4.10. The fraction of sp³-hybridized carbons (Fsp3) is 0.217. The second kappa shape index (κ2) is 7.67. The minimum atomic E-state index is -0.260. The van der Waals surface area contributed by atoms with Gasteiger partial charge in [0.15, 0.2) is 5.82 Å². The predicted molar refractivity (Wildman–Crippen MR) is 115 cm³/mol. The standard InChI is InChI=1S/C23H22FN5O/c24-18-6-3-15(4-7-18)21-13-22(28-27-21)29-11-1-2-19(14-29)26-23(30)17-5-8-20-16(12-17)9-10-25-20/h3-10,12-13,19,25H,1-2,11,14H2,(H,26,30)(H,27,28)/t19-/m0/s1. The maximum Gasteiger partial charge on any atom is 0.251 e. The van der Waals surface area contributed by atoms with Crippen LogP contribution in [0.1, 0.15) is 23.2 Å². The Labute approximate surface area is 173 Å². The van der Waals surface area contributed by atoms with Gasteiger partial charge >= 0.3 is 0 Å². The molecular formula is C23H22FN5O. The van der Waals surface area contributed by atoms with Crippen LogP contribution in [-0.4, -0.2) is 40.2 Å². The zero-order valence-electron chi connectivity index (χ0n) is 16.4. The molecule has 0 saturated carbocycles. The molecule has 3 heterocycles. The highest BCUT2D eigenvalue weighted by Crippen LogP contribution is 2.24. The molecular weight excluding hydrogens is 381 g/mol. The van der Waals surface area contributed by atoms with Crippen LogP contribution in [-0.2, 0) is 0 Å². The minimum absolute atomic E-state index is 0.0548. The number of H-pyrrole nitrogens is 2. The van der Waals surface area contributed by atoms with Gasteiger partial charge < -0.3 is 15.2 Å². The number of fused-ring (bicyclic) bond motifs is 1. The molecule has 3 N–H and O–H groups in total. The molecule has 5 rings (SSSR count). The zero-order chi connectivity index (χ0) is 20.5. The maximum absolute atomic E-state index is 13.2. The lowest BCUT2D eigenvalue weighted by atomic mass is 10.0. The van der Waals surface area contributed by atoms with E-state index in [1.807, 2.05) is 36.5 Å². The number of nitrogens with one attached hydrogen (secondary N) is 3. The molecule has 0 spiro atoms. The molecule has 152 valence electrons. The SMILES string of the molecule is O=C(N[C@H]1CCCN(c2cc(-c3ccc(F)cc3)[nH]n2)C1)c1ccc2[nH]ccc2c1. The molecule has 0 aliphatic carbocycles. The first-order valence-corrected chi connectivity index (χ1v) is 10.1. The molecule has 30 heavy (non-hydrogen) atoms. The number of nitrogens with zero attached hydrogens (tertiary/aromatic N) is 2. The summed E-state index contributed by atoms with van der Waals surface area (Å²) in [6.45, 7) is 1.58. The summed E-state index contributed by atoms with van der Waals surface area (Å²) in [5.74, 6) is 0.518. The average molecular weight is 403 g/mol. The molecule has 1 saturated heterocycles. The number of hydrogen-bond acceptors (Lipinski definition) is 3. The van der Waals surface area contributed by atoms with Crippen LogP contribution in [0.3, 0.4) is 0 Å². The molecule has 1 fully saturated rings. The fourth-order valence-electron chi connectivity index (χ4n) is 4.02. The largest absolute Gasteiger partial charge is 0.361 e. The normalized spacial score (nSPS) is 16.7. The Kier molecular flexibility index (Phi) is 4.71. The molecule has 4 aromatic rings. The number of aromatic amines is 2. The lowest BCUT2D eigenvalue weighted by molar-refractivity contribution is 0.0933. The van der Waals surface area contributed by atoms with E-state index in [1.54, 1.807) is 12.1 Å². The summed E-state index contributed by atoms with van der Waals surface area (Å²) in [6.07, 6.45) is 3.78. The number of carbonyl (C=O) groups excluding carboxylic acids is 1. The van der Waals surface area contributed by atoms with E-state index in [4.69, 9.17) is 0 Å². The van der Waals surface area contributed by atoms with Gasteiger partial charge in [0.1, 0.15) is 5.82 Å². The van der Waals surface area contributed by atoms with Crippen molar-refractivity contribution in [3.8, 4) is 11.3 Å². The molecule has 1 amide bonds. The molecule has 0 unspecified atom stereocenters. The Morgan fingerprint density at radius 1 is 1.13 bits per heavy atom. The van der Waals surface area contributed by atoms with Crippen molar-refractivity contribution in [2.45, 2.75) is 18.9 Å². The first-order valence-electron chi connectivity index (χ1n) is 10.1. The van der Waals surface area contributed by atoms with Gasteiger partial charge in [0.05, 0.1) is 5.69 Å². The summed E-state index contributed by atoms with van der Waals surface area (Å²) < 4.78 is 13.2. The Morgan fingerprint density at radius 2 is 2.00 bits per heavy atom. The van der Waals surface area contributed by atoms with Crippen LogP contribution in [0.5, 0.6) is 0 Å². The number of amides is 1. The van der Waals surface area contributed by atoms with Crippen molar-refractivity contribution in [1.29, 1.82) is 0 Å². The number of hydrogen-bond donors (Lipinski definition) is 3. The number of benzene rings is 2. The van der Waals surface area contributed by atoms with E-state index in [0.29, 0.717) is 12.1 Å². The Morgan fingerprint density at radius 3 is 2.87 bits per heavy atom. The van der Waals surface area contributed by atoms with Crippen molar-refractivity contribution in [1.82, 2.24) is 20.5 Å². The van der Waals surface area contributed by atoms with E-state index in [2.05, 4.69) is 25.4 Å². The van der Waals surface area contributed by atoms with Crippen LogP contribution in [0.4, 0.5) is 10.2 Å². The maximum atomic E-state index is 13.2. The van der Waals surface area contributed by atoms with Crippen LogP contribution in [0, 0.1) is 5.82 Å². The summed E-state index contributed by atoms with van der Waals surface area (Å²) in [5.41, 5.74) is 3.41. The quantitative estimate of drug-likeness (QED) is 0.480. The highest BCUT2D eigenvalue weighted by atomic mass is 19.1. The van der Waals surface area contributed by atoms with E-state index >= 15 is 0 Å². The Hall–Kier alpha value is -3.61. The summed E-state index contributed by atoms with van der Waals surface area (Å²) in [6, 6.07) is 16.0. The van der Waals surface area contributed by atoms with Gasteiger partial charge in [-0.25, -0.2) is 4.39 Å². The van der Waals surface area contributed by atoms with Gasteiger partial charge in [-0.05, 0) is 66.9 Å². The second-order valence-corrected chi connectivity index (χ2v) is 7.69. The third-order valence-electron chi connectivity index (χ3n) is 5.62. The molecule has 1 atom stereocenters. The number of aromatic nitrogens is 3. The Balaban J connectivity index is 1.26. The van der Waals surface area contributed by atoms with Crippen LogP contribution in [0.25, 0.3) is 22.2 Å². The van der Waals surface area contributed by atoms with E-state index in [9.17, 15) is 9.18 Å². The third kappa shape index (κ3) is 3.66. The first kappa shape index (κ1) is 18.4. The average Bonchev–Trinajstić information content (AvgIpc) is 3.44. The fourth-order valence-corrected chi connectivity index (χ4v) is 4.02. The lowest BCUT2D eigenvalue weighted by Gasteiger charge is -2.33. The van der Waals surface area contributed by atoms with Crippen LogP contribution in [0.2, 0.25) is 0 Å². The van der Waals surface area contributed by atoms with Crippen molar-refractivity contribution in [3.05, 3.63) is 72.2 Å². The number of rotatable bonds is 4. The van der Waals surface area contributed by atoms with Gasteiger partial charge in [-0.1, -0.05) is 0 Å². The molecule has 0 bridgehead atoms. The molecule has 1 aliphatic heterocycles. The highest BCUT2D eigenvalue weighted by molar-refractivity contribution is 5.98. The number of piperidine rings is 1. The van der Waals surface area contributed by atoms with Crippen molar-refractivity contribution in [2.75, 3.05) is 18.0 Å². The molecule has 6 nitrogen and oxygen atoms in total. The summed E-state index contributed by atoms with van der Waals surface area (Å²) in [5, 5.41) is 11.7. The number of halogens is 1. The van der Waals surface area contributed by atoms with Gasteiger partial charge in [-0.2, -0.15) is 5.10 Å². The molecule has 0 radical (unpaired) electrons. The summed E-state index contributed by atoms with van der Waals surface area (Å²) >= 11 is 0. The number of anilines is 1. The van der Waals surface area contributed by atoms with E-state index in [-0.39, 0.29) is 17.8 Å². The van der Waals surface area contributed by atoms with E-state index in [1.165, 1.54) is 12.1 Å². The van der Waals surface area contributed by atoms with Gasteiger partial charge in [-0.3, -0.25) is 9.89 Å². The lowest BCUT2D eigenvalue weighted by Crippen LogP contribution is -2.48. The zero-order valence-corrected chi connectivity index (χ0v) is 16.4. The van der Waals surface area contributed by atoms with Crippen molar-refractivity contribution in [2.24, 2.45) is 0 Å². The van der Waals surface area contributed by atoms with Crippen LogP contribution in [0.15, 0.2) is 60.8 Å². The third-order valence-corrected chi connectivity index (χ3v) is 5.62. The van der Waals surface area contributed by atoms with Gasteiger partial charge in [-0.15, -0.1) is 0 Å². The van der Waals surface area contributed by atoms with Gasteiger partial charge in [0, 0.05) is 47.9 Å². The summed E-state index contributed by atoms with van der Waals surface area (Å²) in [4.78, 5) is 18.1. The van der Waals surface area contributed by atoms with Crippen LogP contribution >= 0.6 is 0 Å². The minimum Gasteiger partial charge on any atom is -0.361 e. The highest BCUT2D eigenvalue weighted by Gasteiger charge is 2.24. The Bertz CT molecular complexity index is 1180. The molecule has 1 aliphatic rings. The van der Waals surface area contributed by atoms with E-state index in [0.717, 1.165) is 47.4 Å². The summed E-state index contributed by atoms with van der Waals surface area (Å²) in [7, 11) is 0. The van der Waals surface area contributed by atoms with Gasteiger partial charge in [0.25, 0.3) is 5.91 Å². The molecule has 7 heteroatoms. The van der Waals surface area contributed by atoms with Gasteiger partial charge in [0.2, 0.25) is 0 Å². The number of carbonyl (C=O) groups is 1. The van der Waals surface area contributed by atoms with Crippen molar-refractivity contribution < 1.29 is 9.18 Å². The topological polar surface area (TPSA) is 76.8 Å². The van der Waals surface area contributed by atoms with E-state index < -0.39 is 0 Å². The second-order valence-electron chi connectivity index (χ2n) is 7.69. The van der Waals surface area contributed by atoms with Crippen LogP contribution < -0.4 is 10.2 Å². The monoisotopic (exact) mass is 403 g/mol. The smallest absolute Gasteiger partial charge is 0.251 e. The molecule has 2 aromatic carbocycles. The van der Waals surface area contributed by atoms with Crippen molar-refractivity contribution in [3.63, 3.8) is 0 Å². The molecule has 2 aromatic heterocycles.